The Hall–Kier alpha value is -2.15. The maximum absolute atomic E-state index is 11.2. The molecule has 0 amide bonds. The maximum atomic E-state index is 11.2. The van der Waals surface area contributed by atoms with E-state index in [4.69, 9.17) is 4.74 Å². The summed E-state index contributed by atoms with van der Waals surface area (Å²) in [4.78, 5) is 25.8. The monoisotopic (exact) mass is 255 g/mol. The average molecular weight is 255 g/mol. The minimum atomic E-state index is -1.64. The Balaban J connectivity index is 2.95. The van der Waals surface area contributed by atoms with Crippen molar-refractivity contribution >= 4 is 5.97 Å². The molecule has 2 unspecified atom stereocenters. The molecule has 7 nitrogen and oxygen atoms in total. The van der Waals surface area contributed by atoms with Gasteiger partial charge in [-0.05, 0) is 17.7 Å². The van der Waals surface area contributed by atoms with Crippen LogP contribution in [-0.4, -0.2) is 31.4 Å². The molecule has 0 radical (unpaired) electrons. The molecule has 1 N–H and O–H groups in total. The summed E-state index contributed by atoms with van der Waals surface area (Å²) in [7, 11) is 2.62. The molecule has 7 heteroatoms. The second-order valence-electron chi connectivity index (χ2n) is 3.34. The molecule has 0 saturated carbocycles. The van der Waals surface area contributed by atoms with E-state index in [0.717, 1.165) is 7.11 Å². The first kappa shape index (κ1) is 13.9. The van der Waals surface area contributed by atoms with E-state index in [0.29, 0.717) is 11.3 Å². The van der Waals surface area contributed by atoms with Crippen molar-refractivity contribution < 1.29 is 24.2 Å². The molecular formula is C11H13NO6. The molecule has 0 aromatic heterocycles. The molecule has 0 heterocycles. The number of rotatable bonds is 6. The first-order chi connectivity index (χ1) is 8.63. The molecule has 1 rings (SSSR count). The van der Waals surface area contributed by atoms with E-state index in [2.05, 4.69) is 14.9 Å². The first-order valence-electron chi connectivity index (χ1n) is 5.02. The first-order valence-corrected chi connectivity index (χ1v) is 5.02. The van der Waals surface area contributed by atoms with Crippen molar-refractivity contribution in [2.24, 2.45) is 5.34 Å². The summed E-state index contributed by atoms with van der Waals surface area (Å²) in [6.07, 6.45) is -2.86. The molecule has 98 valence electrons. The normalized spacial score (nSPS) is 13.3. The summed E-state index contributed by atoms with van der Waals surface area (Å²) >= 11 is 0. The highest BCUT2D eigenvalue weighted by atomic mass is 16.7. The number of carbonyl (C=O) groups is 1. The maximum Gasteiger partial charge on any atom is 0.339 e. The molecule has 0 bridgehead atoms. The van der Waals surface area contributed by atoms with Crippen LogP contribution in [0.25, 0.3) is 0 Å². The molecular weight excluding hydrogens is 242 g/mol. The van der Waals surface area contributed by atoms with Crippen molar-refractivity contribution in [3.63, 3.8) is 0 Å². The van der Waals surface area contributed by atoms with Gasteiger partial charge in [-0.25, -0.2) is 4.79 Å². The minimum Gasteiger partial charge on any atom is -0.497 e. The molecule has 18 heavy (non-hydrogen) atoms. The minimum absolute atomic E-state index is 0.397. The highest BCUT2D eigenvalue weighted by Gasteiger charge is 2.31. The lowest BCUT2D eigenvalue weighted by atomic mass is 10.0. The van der Waals surface area contributed by atoms with Crippen molar-refractivity contribution in [3.8, 4) is 5.75 Å². The lowest BCUT2D eigenvalue weighted by Crippen LogP contribution is -2.30. The Bertz CT molecular complexity index is 404. The van der Waals surface area contributed by atoms with Gasteiger partial charge in [0, 0.05) is 0 Å². The van der Waals surface area contributed by atoms with E-state index >= 15 is 0 Å². The zero-order valence-corrected chi connectivity index (χ0v) is 9.90. The predicted octanol–water partition coefficient (Wildman–Crippen LogP) is 0.968. The van der Waals surface area contributed by atoms with Crippen LogP contribution < -0.4 is 4.74 Å². The standard InChI is InChI=1S/C11H13NO6/c1-16-8-5-3-7(4-6-8)10(18-12-15)9(13)11(14)17-2/h3-6,9-10,13H,1-2H3. The van der Waals surface area contributed by atoms with Crippen LogP contribution in [0.3, 0.4) is 0 Å². The number of ether oxygens (including phenoxy) is 2. The van der Waals surface area contributed by atoms with Crippen LogP contribution in [-0.2, 0) is 14.4 Å². The molecule has 0 aliphatic rings. The highest BCUT2D eigenvalue weighted by Crippen LogP contribution is 2.24. The second-order valence-corrected chi connectivity index (χ2v) is 3.34. The van der Waals surface area contributed by atoms with E-state index in [9.17, 15) is 14.8 Å². The van der Waals surface area contributed by atoms with Crippen molar-refractivity contribution in [3.05, 3.63) is 34.7 Å². The zero-order chi connectivity index (χ0) is 13.5. The Morgan fingerprint density at radius 3 is 2.33 bits per heavy atom. The third-order valence-electron chi connectivity index (χ3n) is 2.33. The zero-order valence-electron chi connectivity index (χ0n) is 9.90. The van der Waals surface area contributed by atoms with Gasteiger partial charge >= 0.3 is 5.97 Å². The Morgan fingerprint density at radius 1 is 1.28 bits per heavy atom. The van der Waals surface area contributed by atoms with Gasteiger partial charge in [-0.2, -0.15) is 0 Å². The number of methoxy groups -OCH3 is 2. The molecule has 0 saturated heterocycles. The number of hydrogen-bond acceptors (Lipinski definition) is 7. The summed E-state index contributed by atoms with van der Waals surface area (Å²) in [5.41, 5.74) is 0.397. The van der Waals surface area contributed by atoms with E-state index < -0.39 is 18.2 Å². The van der Waals surface area contributed by atoms with Gasteiger partial charge < -0.3 is 19.4 Å². The van der Waals surface area contributed by atoms with E-state index in [-0.39, 0.29) is 0 Å². The third kappa shape index (κ3) is 3.17. The smallest absolute Gasteiger partial charge is 0.339 e. The number of carbonyl (C=O) groups excluding carboxylic acids is 1. The average Bonchev–Trinajstić information content (AvgIpc) is 2.43. The molecule has 0 fully saturated rings. The van der Waals surface area contributed by atoms with Crippen LogP contribution in [0.15, 0.2) is 29.6 Å². The largest absolute Gasteiger partial charge is 0.497 e. The van der Waals surface area contributed by atoms with Crippen LogP contribution in [0.2, 0.25) is 0 Å². The van der Waals surface area contributed by atoms with Crippen molar-refractivity contribution in [2.45, 2.75) is 12.2 Å². The van der Waals surface area contributed by atoms with E-state index in [1.807, 2.05) is 0 Å². The number of nitrogens with zero attached hydrogens (tertiary/aromatic N) is 1. The van der Waals surface area contributed by atoms with Crippen LogP contribution in [0.4, 0.5) is 0 Å². The number of esters is 1. The fourth-order valence-corrected chi connectivity index (χ4v) is 1.39. The predicted molar refractivity (Wildman–Crippen MR) is 60.6 cm³/mol. The molecule has 0 aliphatic heterocycles. The Labute approximate surface area is 103 Å². The lowest BCUT2D eigenvalue weighted by Gasteiger charge is -2.18. The number of aliphatic hydroxyl groups excluding tert-OH is 1. The topological polar surface area (TPSA) is 94.4 Å². The number of aliphatic hydroxyl groups is 1. The van der Waals surface area contributed by atoms with Gasteiger partial charge in [0.2, 0.25) is 0 Å². The number of benzene rings is 1. The van der Waals surface area contributed by atoms with Gasteiger partial charge in [-0.3, -0.25) is 0 Å². The summed E-state index contributed by atoms with van der Waals surface area (Å²) in [5.74, 6) is -0.330. The SMILES string of the molecule is COC(=O)C(O)C(ON=O)c1ccc(OC)cc1. The summed E-state index contributed by atoms with van der Waals surface area (Å²) in [6.45, 7) is 0. The van der Waals surface area contributed by atoms with Gasteiger partial charge in [0.05, 0.1) is 14.2 Å². The highest BCUT2D eigenvalue weighted by molar-refractivity contribution is 5.75. The van der Waals surface area contributed by atoms with Gasteiger partial charge in [0.25, 0.3) is 0 Å². The van der Waals surface area contributed by atoms with Gasteiger partial charge in [0.15, 0.2) is 17.5 Å². The number of hydrogen-bond donors (Lipinski definition) is 1. The Morgan fingerprint density at radius 2 is 1.89 bits per heavy atom. The fraction of sp³-hybridized carbons (Fsp3) is 0.364. The van der Waals surface area contributed by atoms with Gasteiger partial charge in [-0.1, -0.05) is 12.1 Å². The summed E-state index contributed by atoms with van der Waals surface area (Å²) in [6, 6.07) is 6.28. The van der Waals surface area contributed by atoms with E-state index in [1.54, 1.807) is 24.3 Å². The third-order valence-corrected chi connectivity index (χ3v) is 2.33. The molecule has 1 aromatic carbocycles. The van der Waals surface area contributed by atoms with Crippen molar-refractivity contribution in [1.29, 1.82) is 0 Å². The second kappa shape index (κ2) is 6.55. The van der Waals surface area contributed by atoms with Gasteiger partial charge in [0.1, 0.15) is 5.75 Å². The van der Waals surface area contributed by atoms with Crippen molar-refractivity contribution in [1.82, 2.24) is 0 Å². The molecule has 1 aromatic rings. The van der Waals surface area contributed by atoms with Gasteiger partial charge in [-0.15, -0.1) is 4.91 Å². The van der Waals surface area contributed by atoms with Crippen LogP contribution >= 0.6 is 0 Å². The molecule has 2 atom stereocenters. The quantitative estimate of drug-likeness (QED) is 0.462. The Kier molecular flexibility index (Phi) is 5.06. The van der Waals surface area contributed by atoms with Crippen molar-refractivity contribution in [2.75, 3.05) is 14.2 Å². The molecule has 0 aliphatic carbocycles. The van der Waals surface area contributed by atoms with Crippen LogP contribution in [0.5, 0.6) is 5.75 Å². The van der Waals surface area contributed by atoms with E-state index in [1.165, 1.54) is 7.11 Å². The van der Waals surface area contributed by atoms with Crippen LogP contribution in [0, 0.1) is 4.91 Å². The van der Waals surface area contributed by atoms with Crippen LogP contribution in [0.1, 0.15) is 11.7 Å². The summed E-state index contributed by atoms with van der Waals surface area (Å²) < 4.78 is 9.33. The summed E-state index contributed by atoms with van der Waals surface area (Å²) in [5, 5.41) is 11.9. The fourth-order valence-electron chi connectivity index (χ4n) is 1.39. The molecule has 0 spiro atoms. The lowest BCUT2D eigenvalue weighted by molar-refractivity contribution is -0.160.